The molecule has 0 saturated carbocycles. The Bertz CT molecular complexity index is 221. The van der Waals surface area contributed by atoms with E-state index >= 15 is 0 Å². The van der Waals surface area contributed by atoms with E-state index in [4.69, 9.17) is 4.74 Å². The Morgan fingerprint density at radius 3 is 2.67 bits per heavy atom. The number of likely N-dealkylation sites (N-methyl/N-ethyl adjacent to an activating group) is 1. The number of rotatable bonds is 1. The summed E-state index contributed by atoms with van der Waals surface area (Å²) in [5, 5.41) is 0. The molecule has 88 valence electrons. The number of ether oxygens (including phenoxy) is 1. The van der Waals surface area contributed by atoms with Crippen LogP contribution < -0.4 is 0 Å². The van der Waals surface area contributed by atoms with Gasteiger partial charge in [0.15, 0.2) is 0 Å². The highest BCUT2D eigenvalue weighted by atomic mass is 16.5. The van der Waals surface area contributed by atoms with Gasteiger partial charge in [0.05, 0.1) is 6.10 Å². The molecule has 3 atom stereocenters. The number of hydrogen-bond acceptors (Lipinski definition) is 2. The van der Waals surface area contributed by atoms with E-state index in [2.05, 4.69) is 32.6 Å². The lowest BCUT2D eigenvalue weighted by molar-refractivity contribution is -0.0140. The van der Waals surface area contributed by atoms with E-state index in [1.165, 1.54) is 12.8 Å². The summed E-state index contributed by atoms with van der Waals surface area (Å²) in [6.07, 6.45) is 3.14. The molecule has 0 aromatic carbocycles. The Morgan fingerprint density at radius 1 is 1.33 bits per heavy atom. The predicted octanol–water partition coefficient (Wildman–Crippen LogP) is 2.53. The molecular formula is C13H25NO. The Hall–Kier alpha value is -0.0800. The Labute approximate surface area is 94.0 Å². The maximum absolute atomic E-state index is 5.92. The summed E-state index contributed by atoms with van der Waals surface area (Å²) in [4.78, 5) is 2.63. The molecule has 0 spiro atoms. The third-order valence-electron chi connectivity index (χ3n) is 4.00. The second-order valence-electron chi connectivity index (χ2n) is 6.11. The summed E-state index contributed by atoms with van der Waals surface area (Å²) in [6.45, 7) is 12.7. The van der Waals surface area contributed by atoms with Crippen molar-refractivity contribution in [3.05, 3.63) is 0 Å². The van der Waals surface area contributed by atoms with Crippen molar-refractivity contribution in [1.82, 2.24) is 4.90 Å². The molecule has 2 aliphatic rings. The van der Waals surface area contributed by atoms with Gasteiger partial charge in [0.1, 0.15) is 0 Å². The van der Waals surface area contributed by atoms with Crippen molar-refractivity contribution in [3.63, 3.8) is 0 Å². The molecular weight excluding hydrogens is 186 g/mol. The molecule has 2 rings (SSSR count). The van der Waals surface area contributed by atoms with Crippen LogP contribution in [-0.2, 0) is 4.74 Å². The minimum atomic E-state index is 0.385. The Morgan fingerprint density at radius 2 is 2.07 bits per heavy atom. The summed E-state index contributed by atoms with van der Waals surface area (Å²) in [6, 6.07) is 0.716. The van der Waals surface area contributed by atoms with Crippen molar-refractivity contribution in [3.8, 4) is 0 Å². The number of likely N-dealkylation sites (tertiary alicyclic amines) is 1. The van der Waals surface area contributed by atoms with Gasteiger partial charge in [-0.1, -0.05) is 27.7 Å². The second-order valence-corrected chi connectivity index (χ2v) is 6.11. The minimum absolute atomic E-state index is 0.385. The molecule has 0 aliphatic carbocycles. The van der Waals surface area contributed by atoms with Crippen LogP contribution in [0.3, 0.4) is 0 Å². The van der Waals surface area contributed by atoms with Crippen LogP contribution in [0.25, 0.3) is 0 Å². The molecule has 2 fully saturated rings. The predicted molar refractivity (Wildman–Crippen MR) is 63.0 cm³/mol. The zero-order valence-corrected chi connectivity index (χ0v) is 10.6. The van der Waals surface area contributed by atoms with Crippen LogP contribution in [0.1, 0.15) is 40.5 Å². The van der Waals surface area contributed by atoms with E-state index < -0.39 is 0 Å². The molecule has 2 heteroatoms. The van der Waals surface area contributed by atoms with Gasteiger partial charge in [0.2, 0.25) is 0 Å². The maximum Gasteiger partial charge on any atom is 0.0745 e. The van der Waals surface area contributed by atoms with Crippen LogP contribution in [0.4, 0.5) is 0 Å². The molecule has 2 heterocycles. The number of fused-ring (bicyclic) bond motifs is 1. The lowest BCUT2D eigenvalue weighted by Gasteiger charge is -2.39. The highest BCUT2D eigenvalue weighted by molar-refractivity contribution is 5.00. The monoisotopic (exact) mass is 211 g/mol. The van der Waals surface area contributed by atoms with Gasteiger partial charge in [-0.05, 0) is 24.8 Å². The normalized spacial score (nSPS) is 38.0. The molecule has 0 aromatic rings. The van der Waals surface area contributed by atoms with E-state index in [-0.39, 0.29) is 0 Å². The van der Waals surface area contributed by atoms with Crippen molar-refractivity contribution in [2.75, 3.05) is 19.7 Å². The molecule has 2 saturated heterocycles. The fraction of sp³-hybridized carbons (Fsp3) is 1.00. The summed E-state index contributed by atoms with van der Waals surface area (Å²) >= 11 is 0. The molecule has 2 nitrogen and oxygen atoms in total. The largest absolute Gasteiger partial charge is 0.377 e. The molecule has 3 unspecified atom stereocenters. The summed E-state index contributed by atoms with van der Waals surface area (Å²) in [5.41, 5.74) is 0.385. The van der Waals surface area contributed by atoms with Gasteiger partial charge in [0.25, 0.3) is 0 Å². The van der Waals surface area contributed by atoms with Crippen LogP contribution in [0.5, 0.6) is 0 Å². The Balaban J connectivity index is 2.17. The van der Waals surface area contributed by atoms with Crippen molar-refractivity contribution >= 4 is 0 Å². The molecule has 0 bridgehead atoms. The van der Waals surface area contributed by atoms with Crippen molar-refractivity contribution in [2.45, 2.75) is 52.7 Å². The zero-order chi connectivity index (χ0) is 11.1. The van der Waals surface area contributed by atoms with E-state index in [0.29, 0.717) is 17.6 Å². The first-order valence-corrected chi connectivity index (χ1v) is 6.39. The summed E-state index contributed by atoms with van der Waals surface area (Å²) < 4.78 is 5.92. The van der Waals surface area contributed by atoms with Crippen LogP contribution in [0.15, 0.2) is 0 Å². The van der Waals surface area contributed by atoms with Crippen LogP contribution >= 0.6 is 0 Å². The van der Waals surface area contributed by atoms with Gasteiger partial charge in [-0.3, -0.25) is 4.90 Å². The smallest absolute Gasteiger partial charge is 0.0745 e. The standard InChI is InChI=1S/C13H25NO/c1-5-14-9-11-10(7-6-8-15-11)12(14)13(2,3)4/h10-12H,5-9H2,1-4H3. The van der Waals surface area contributed by atoms with E-state index in [1.54, 1.807) is 0 Å². The van der Waals surface area contributed by atoms with E-state index in [0.717, 1.165) is 25.6 Å². The highest BCUT2D eigenvalue weighted by Crippen LogP contribution is 2.41. The molecule has 0 N–H and O–H groups in total. The highest BCUT2D eigenvalue weighted by Gasteiger charge is 2.47. The number of nitrogens with zero attached hydrogens (tertiary/aromatic N) is 1. The molecule has 0 amide bonds. The first-order chi connectivity index (χ1) is 7.04. The van der Waals surface area contributed by atoms with Gasteiger partial charge in [-0.2, -0.15) is 0 Å². The molecule has 2 aliphatic heterocycles. The van der Waals surface area contributed by atoms with Crippen LogP contribution in [0.2, 0.25) is 0 Å². The Kier molecular flexibility index (Phi) is 3.09. The van der Waals surface area contributed by atoms with Crippen molar-refractivity contribution in [2.24, 2.45) is 11.3 Å². The van der Waals surface area contributed by atoms with Gasteiger partial charge in [0, 0.05) is 25.1 Å². The zero-order valence-electron chi connectivity index (χ0n) is 10.6. The molecule has 15 heavy (non-hydrogen) atoms. The second kappa shape index (κ2) is 4.06. The molecule has 0 aromatic heterocycles. The third kappa shape index (κ3) is 2.07. The van der Waals surface area contributed by atoms with Crippen molar-refractivity contribution in [1.29, 1.82) is 0 Å². The first-order valence-electron chi connectivity index (χ1n) is 6.39. The SMILES string of the molecule is CCN1CC2OCCCC2C1C(C)(C)C. The van der Waals surface area contributed by atoms with Crippen LogP contribution in [0, 0.1) is 11.3 Å². The fourth-order valence-electron chi connectivity index (χ4n) is 3.54. The lowest BCUT2D eigenvalue weighted by atomic mass is 9.76. The average Bonchev–Trinajstić information content (AvgIpc) is 2.54. The summed E-state index contributed by atoms with van der Waals surface area (Å²) in [7, 11) is 0. The van der Waals surface area contributed by atoms with E-state index in [9.17, 15) is 0 Å². The minimum Gasteiger partial charge on any atom is -0.377 e. The number of hydrogen-bond donors (Lipinski definition) is 0. The van der Waals surface area contributed by atoms with Crippen molar-refractivity contribution < 1.29 is 4.74 Å². The van der Waals surface area contributed by atoms with Gasteiger partial charge < -0.3 is 4.74 Å². The fourth-order valence-corrected chi connectivity index (χ4v) is 3.54. The van der Waals surface area contributed by atoms with Gasteiger partial charge in [-0.25, -0.2) is 0 Å². The quantitative estimate of drug-likeness (QED) is 0.661. The summed E-state index contributed by atoms with van der Waals surface area (Å²) in [5.74, 6) is 0.777. The average molecular weight is 211 g/mol. The topological polar surface area (TPSA) is 12.5 Å². The van der Waals surface area contributed by atoms with Gasteiger partial charge in [-0.15, -0.1) is 0 Å². The van der Waals surface area contributed by atoms with E-state index in [1.807, 2.05) is 0 Å². The first kappa shape index (κ1) is 11.4. The third-order valence-corrected chi connectivity index (χ3v) is 4.00. The van der Waals surface area contributed by atoms with Gasteiger partial charge >= 0.3 is 0 Å². The van der Waals surface area contributed by atoms with Crippen LogP contribution in [-0.4, -0.2) is 36.7 Å². The maximum atomic E-state index is 5.92. The molecule has 0 radical (unpaired) electrons. The lowest BCUT2D eigenvalue weighted by Crippen LogP contribution is -2.43.